The minimum Gasteiger partial charge on any atom is -0.312 e. The van der Waals surface area contributed by atoms with E-state index in [-0.39, 0.29) is 18.2 Å². The number of fused-ring (bicyclic) bond motifs is 1. The molecule has 0 atom stereocenters. The van der Waals surface area contributed by atoms with Crippen molar-refractivity contribution in [2.45, 2.75) is 19.9 Å². The van der Waals surface area contributed by atoms with Gasteiger partial charge in [0, 0.05) is 12.1 Å². The van der Waals surface area contributed by atoms with Gasteiger partial charge in [-0.3, -0.25) is 4.79 Å². The Labute approximate surface area is 90.1 Å². The van der Waals surface area contributed by atoms with E-state index in [1.54, 1.807) is 6.92 Å². The van der Waals surface area contributed by atoms with Crippen LogP contribution in [-0.4, -0.2) is 12.3 Å². The maximum Gasteiger partial charge on any atom is 0.160 e. The maximum atomic E-state index is 11.3. The molecule has 0 radical (unpaired) electrons. The van der Waals surface area contributed by atoms with E-state index in [0.717, 1.165) is 25.1 Å². The molecule has 1 N–H and O–H groups in total. The van der Waals surface area contributed by atoms with Crippen molar-refractivity contribution in [1.29, 1.82) is 0 Å². The molecule has 0 saturated heterocycles. The summed E-state index contributed by atoms with van der Waals surface area (Å²) in [7, 11) is 0. The lowest BCUT2D eigenvalue weighted by molar-refractivity contribution is 0.101. The quantitative estimate of drug-likeness (QED) is 0.720. The van der Waals surface area contributed by atoms with E-state index >= 15 is 0 Å². The summed E-state index contributed by atoms with van der Waals surface area (Å²) >= 11 is 0. The third-order valence-corrected chi connectivity index (χ3v) is 2.52. The molecular formula is C11H14ClNO. The molecule has 0 saturated carbocycles. The minimum absolute atomic E-state index is 0. The van der Waals surface area contributed by atoms with Crippen molar-refractivity contribution in [1.82, 2.24) is 5.32 Å². The van der Waals surface area contributed by atoms with Gasteiger partial charge in [0.05, 0.1) is 0 Å². The number of carbonyl (C=O) groups excluding carboxylic acids is 1. The molecular weight excluding hydrogens is 198 g/mol. The summed E-state index contributed by atoms with van der Waals surface area (Å²) in [6.45, 7) is 3.52. The topological polar surface area (TPSA) is 29.1 Å². The molecule has 1 aliphatic heterocycles. The standard InChI is InChI=1S/C11H13NO.ClH/c1-8(13)10-4-2-3-9-7-12-6-5-11(9)10;/h2-4,12H,5-7H2,1H3;1H. The predicted molar refractivity (Wildman–Crippen MR) is 59.1 cm³/mol. The molecule has 0 bridgehead atoms. The molecule has 0 aliphatic carbocycles. The maximum absolute atomic E-state index is 11.3. The van der Waals surface area contributed by atoms with Gasteiger partial charge >= 0.3 is 0 Å². The first-order valence-corrected chi connectivity index (χ1v) is 4.61. The number of hydrogen-bond donors (Lipinski definition) is 1. The molecule has 0 amide bonds. The Kier molecular flexibility index (Phi) is 3.67. The summed E-state index contributed by atoms with van der Waals surface area (Å²) in [6.07, 6.45) is 0.977. The number of nitrogens with one attached hydrogen (secondary N) is 1. The Morgan fingerprint density at radius 3 is 2.93 bits per heavy atom. The lowest BCUT2D eigenvalue weighted by atomic mass is 9.94. The predicted octanol–water partition coefficient (Wildman–Crippen LogP) is 1.96. The molecule has 0 spiro atoms. The fourth-order valence-electron chi connectivity index (χ4n) is 1.86. The molecule has 3 heteroatoms. The van der Waals surface area contributed by atoms with Crippen LogP contribution in [0, 0.1) is 0 Å². The molecule has 1 heterocycles. The van der Waals surface area contributed by atoms with Gasteiger partial charge < -0.3 is 5.32 Å². The van der Waals surface area contributed by atoms with E-state index in [1.165, 1.54) is 11.1 Å². The summed E-state index contributed by atoms with van der Waals surface area (Å²) in [6, 6.07) is 5.98. The largest absolute Gasteiger partial charge is 0.312 e. The molecule has 0 fully saturated rings. The summed E-state index contributed by atoms with van der Waals surface area (Å²) < 4.78 is 0. The van der Waals surface area contributed by atoms with Gasteiger partial charge in [-0.05, 0) is 31.0 Å². The lowest BCUT2D eigenvalue weighted by Crippen LogP contribution is -2.25. The van der Waals surface area contributed by atoms with Gasteiger partial charge in [0.25, 0.3) is 0 Å². The van der Waals surface area contributed by atoms with Crippen molar-refractivity contribution >= 4 is 18.2 Å². The number of halogens is 1. The van der Waals surface area contributed by atoms with Crippen molar-refractivity contribution in [3.05, 3.63) is 34.9 Å². The zero-order valence-electron chi connectivity index (χ0n) is 8.17. The van der Waals surface area contributed by atoms with E-state index < -0.39 is 0 Å². The number of rotatable bonds is 1. The molecule has 0 unspecified atom stereocenters. The zero-order valence-corrected chi connectivity index (χ0v) is 8.99. The van der Waals surface area contributed by atoms with Crippen LogP contribution >= 0.6 is 12.4 Å². The highest BCUT2D eigenvalue weighted by atomic mass is 35.5. The van der Waals surface area contributed by atoms with Crippen molar-refractivity contribution < 1.29 is 4.79 Å². The Morgan fingerprint density at radius 2 is 2.21 bits per heavy atom. The number of benzene rings is 1. The normalized spacial score (nSPS) is 14.1. The first kappa shape index (κ1) is 11.2. The van der Waals surface area contributed by atoms with E-state index in [1.807, 2.05) is 12.1 Å². The molecule has 1 aliphatic rings. The Morgan fingerprint density at radius 1 is 1.43 bits per heavy atom. The Hall–Kier alpha value is -0.860. The van der Waals surface area contributed by atoms with Gasteiger partial charge in [-0.15, -0.1) is 12.4 Å². The zero-order chi connectivity index (χ0) is 9.26. The van der Waals surface area contributed by atoms with Crippen LogP contribution in [0.15, 0.2) is 18.2 Å². The van der Waals surface area contributed by atoms with E-state index in [4.69, 9.17) is 0 Å². The second-order valence-corrected chi connectivity index (χ2v) is 3.43. The van der Waals surface area contributed by atoms with E-state index in [2.05, 4.69) is 11.4 Å². The van der Waals surface area contributed by atoms with Crippen molar-refractivity contribution in [3.63, 3.8) is 0 Å². The van der Waals surface area contributed by atoms with E-state index in [0.29, 0.717) is 0 Å². The minimum atomic E-state index is 0. The molecule has 1 aromatic rings. The highest BCUT2D eigenvalue weighted by Crippen LogP contribution is 2.18. The molecule has 14 heavy (non-hydrogen) atoms. The average Bonchev–Trinajstić information content (AvgIpc) is 2.17. The van der Waals surface area contributed by atoms with Crippen molar-refractivity contribution in [2.75, 3.05) is 6.54 Å². The fourth-order valence-corrected chi connectivity index (χ4v) is 1.86. The van der Waals surface area contributed by atoms with Gasteiger partial charge in [-0.2, -0.15) is 0 Å². The highest BCUT2D eigenvalue weighted by Gasteiger charge is 2.13. The number of carbonyl (C=O) groups is 1. The smallest absolute Gasteiger partial charge is 0.160 e. The van der Waals surface area contributed by atoms with Crippen LogP contribution in [0.5, 0.6) is 0 Å². The third kappa shape index (κ3) is 1.97. The Bertz CT molecular complexity index is 349. The van der Waals surface area contributed by atoms with Crippen LogP contribution in [0.2, 0.25) is 0 Å². The second-order valence-electron chi connectivity index (χ2n) is 3.43. The van der Waals surface area contributed by atoms with Crippen LogP contribution < -0.4 is 5.32 Å². The first-order valence-electron chi connectivity index (χ1n) is 4.61. The van der Waals surface area contributed by atoms with Gasteiger partial charge in [-0.1, -0.05) is 18.2 Å². The van der Waals surface area contributed by atoms with Crippen LogP contribution in [0.1, 0.15) is 28.4 Å². The number of ketones is 1. The molecule has 0 aromatic heterocycles. The van der Waals surface area contributed by atoms with Crippen LogP contribution in [-0.2, 0) is 13.0 Å². The van der Waals surface area contributed by atoms with Gasteiger partial charge in [0.2, 0.25) is 0 Å². The third-order valence-electron chi connectivity index (χ3n) is 2.52. The SMILES string of the molecule is CC(=O)c1cccc2c1CCNC2.Cl. The van der Waals surface area contributed by atoms with Crippen LogP contribution in [0.25, 0.3) is 0 Å². The average molecular weight is 212 g/mol. The van der Waals surface area contributed by atoms with Crippen molar-refractivity contribution in [3.8, 4) is 0 Å². The van der Waals surface area contributed by atoms with Gasteiger partial charge in [0.1, 0.15) is 0 Å². The number of Topliss-reactive ketones (excluding diaryl/α,β-unsaturated/α-hetero) is 1. The summed E-state index contributed by atoms with van der Waals surface area (Å²) in [5.41, 5.74) is 3.42. The monoisotopic (exact) mass is 211 g/mol. The highest BCUT2D eigenvalue weighted by molar-refractivity contribution is 5.95. The van der Waals surface area contributed by atoms with E-state index in [9.17, 15) is 4.79 Å². The van der Waals surface area contributed by atoms with Crippen molar-refractivity contribution in [2.24, 2.45) is 0 Å². The molecule has 76 valence electrons. The van der Waals surface area contributed by atoms with Crippen LogP contribution in [0.3, 0.4) is 0 Å². The first-order chi connectivity index (χ1) is 6.29. The molecule has 2 nitrogen and oxygen atoms in total. The summed E-state index contributed by atoms with van der Waals surface area (Å²) in [5.74, 6) is 0.179. The summed E-state index contributed by atoms with van der Waals surface area (Å²) in [4.78, 5) is 11.3. The Balaban J connectivity index is 0.000000980. The molecule has 1 aromatic carbocycles. The summed E-state index contributed by atoms with van der Waals surface area (Å²) in [5, 5.41) is 3.30. The van der Waals surface area contributed by atoms with Crippen LogP contribution in [0.4, 0.5) is 0 Å². The molecule has 2 rings (SSSR count). The lowest BCUT2D eigenvalue weighted by Gasteiger charge is -2.18. The number of hydrogen-bond acceptors (Lipinski definition) is 2. The van der Waals surface area contributed by atoms with Gasteiger partial charge in [-0.25, -0.2) is 0 Å². The second kappa shape index (κ2) is 4.58. The van der Waals surface area contributed by atoms with Gasteiger partial charge in [0.15, 0.2) is 5.78 Å². The fraction of sp³-hybridized carbons (Fsp3) is 0.364.